The summed E-state index contributed by atoms with van der Waals surface area (Å²) in [6, 6.07) is 0. The zero-order valence-corrected chi connectivity index (χ0v) is 7.99. The number of hydrogen-bond donors (Lipinski definition) is 1. The molecule has 1 fully saturated rings. The smallest absolute Gasteiger partial charge is 0.318 e. The molecule has 13 heavy (non-hydrogen) atoms. The van der Waals surface area contributed by atoms with Crippen LogP contribution < -0.4 is 5.73 Å². The van der Waals surface area contributed by atoms with E-state index in [-0.39, 0.29) is 24.7 Å². The Hall–Kier alpha value is -0.250. The summed E-state index contributed by atoms with van der Waals surface area (Å²) in [7, 11) is 0. The molecule has 78 valence electrons. The van der Waals surface area contributed by atoms with Crippen molar-refractivity contribution in [3.63, 3.8) is 0 Å². The first-order valence-corrected chi connectivity index (χ1v) is 4.60. The first kappa shape index (κ1) is 10.8. The Balaban J connectivity index is 2.78. The predicted molar refractivity (Wildman–Crippen MR) is 45.2 cm³/mol. The van der Waals surface area contributed by atoms with Gasteiger partial charge in [-0.05, 0) is 31.1 Å². The SMILES string of the molecule is CC1CC(C)CC(N)(C(F)(F)F)C1. The van der Waals surface area contributed by atoms with E-state index in [1.54, 1.807) is 0 Å². The van der Waals surface area contributed by atoms with Gasteiger partial charge >= 0.3 is 6.18 Å². The van der Waals surface area contributed by atoms with Gasteiger partial charge in [0, 0.05) is 0 Å². The van der Waals surface area contributed by atoms with Crippen LogP contribution in [0.2, 0.25) is 0 Å². The first-order valence-electron chi connectivity index (χ1n) is 4.60. The van der Waals surface area contributed by atoms with Gasteiger partial charge in [-0.15, -0.1) is 0 Å². The van der Waals surface area contributed by atoms with Crippen LogP contribution in [0.25, 0.3) is 0 Å². The van der Waals surface area contributed by atoms with Gasteiger partial charge in [-0.2, -0.15) is 13.2 Å². The second-order valence-corrected chi connectivity index (χ2v) is 4.51. The van der Waals surface area contributed by atoms with Crippen molar-refractivity contribution < 1.29 is 13.2 Å². The molecule has 1 rings (SSSR count). The van der Waals surface area contributed by atoms with Crippen molar-refractivity contribution in [2.75, 3.05) is 0 Å². The lowest BCUT2D eigenvalue weighted by molar-refractivity contribution is -0.201. The van der Waals surface area contributed by atoms with Crippen molar-refractivity contribution in [2.45, 2.75) is 44.8 Å². The van der Waals surface area contributed by atoms with E-state index in [0.717, 1.165) is 6.42 Å². The molecule has 2 N–H and O–H groups in total. The summed E-state index contributed by atoms with van der Waals surface area (Å²) in [4.78, 5) is 0. The van der Waals surface area contributed by atoms with Gasteiger partial charge in [-0.3, -0.25) is 0 Å². The van der Waals surface area contributed by atoms with Gasteiger partial charge in [0.15, 0.2) is 0 Å². The van der Waals surface area contributed by atoms with Crippen molar-refractivity contribution in [3.05, 3.63) is 0 Å². The molecule has 0 spiro atoms. The minimum Gasteiger partial charge on any atom is -0.318 e. The third-order valence-electron chi connectivity index (χ3n) is 2.79. The molecule has 0 saturated heterocycles. The lowest BCUT2D eigenvalue weighted by Crippen LogP contribution is -2.57. The minimum atomic E-state index is -4.25. The molecule has 4 heteroatoms. The summed E-state index contributed by atoms with van der Waals surface area (Å²) in [5, 5.41) is 0. The molecule has 2 atom stereocenters. The normalized spacial score (nSPS) is 42.0. The monoisotopic (exact) mass is 195 g/mol. The third-order valence-corrected chi connectivity index (χ3v) is 2.79. The van der Waals surface area contributed by atoms with Crippen LogP contribution in [-0.2, 0) is 0 Å². The van der Waals surface area contributed by atoms with Crippen LogP contribution in [0.15, 0.2) is 0 Å². The Labute approximate surface area is 76.5 Å². The summed E-state index contributed by atoms with van der Waals surface area (Å²) in [5.41, 5.74) is 3.45. The predicted octanol–water partition coefficient (Wildman–Crippen LogP) is 2.70. The summed E-state index contributed by atoms with van der Waals surface area (Å²) in [6.45, 7) is 3.67. The summed E-state index contributed by atoms with van der Waals surface area (Å²) < 4.78 is 37.6. The maximum absolute atomic E-state index is 12.5. The Morgan fingerprint density at radius 3 is 1.85 bits per heavy atom. The van der Waals surface area contributed by atoms with Gasteiger partial charge in [0.1, 0.15) is 5.54 Å². The average Bonchev–Trinajstić information content (AvgIpc) is 1.79. The molecule has 0 aromatic heterocycles. The molecule has 0 radical (unpaired) electrons. The molecule has 0 heterocycles. The van der Waals surface area contributed by atoms with Crippen LogP contribution in [0.4, 0.5) is 13.2 Å². The lowest BCUT2D eigenvalue weighted by Gasteiger charge is -2.41. The Kier molecular flexibility index (Phi) is 2.63. The van der Waals surface area contributed by atoms with E-state index >= 15 is 0 Å². The van der Waals surface area contributed by atoms with Gasteiger partial charge < -0.3 is 5.73 Å². The Morgan fingerprint density at radius 2 is 1.54 bits per heavy atom. The highest BCUT2D eigenvalue weighted by Gasteiger charge is 2.54. The molecular weight excluding hydrogens is 179 g/mol. The van der Waals surface area contributed by atoms with Crippen molar-refractivity contribution in [1.29, 1.82) is 0 Å². The van der Waals surface area contributed by atoms with E-state index < -0.39 is 11.7 Å². The fourth-order valence-electron chi connectivity index (χ4n) is 2.41. The molecule has 0 bridgehead atoms. The van der Waals surface area contributed by atoms with Crippen LogP contribution in [0.3, 0.4) is 0 Å². The van der Waals surface area contributed by atoms with E-state index in [4.69, 9.17) is 5.73 Å². The lowest BCUT2D eigenvalue weighted by atomic mass is 9.72. The highest BCUT2D eigenvalue weighted by atomic mass is 19.4. The third kappa shape index (κ3) is 2.16. The van der Waals surface area contributed by atoms with Crippen molar-refractivity contribution in [1.82, 2.24) is 0 Å². The van der Waals surface area contributed by atoms with Crippen LogP contribution in [0.1, 0.15) is 33.1 Å². The van der Waals surface area contributed by atoms with Crippen LogP contribution >= 0.6 is 0 Å². The van der Waals surface area contributed by atoms with Crippen molar-refractivity contribution in [3.8, 4) is 0 Å². The van der Waals surface area contributed by atoms with Crippen molar-refractivity contribution in [2.24, 2.45) is 17.6 Å². The summed E-state index contributed by atoms with van der Waals surface area (Å²) in [6.07, 6.45) is -3.26. The number of alkyl halides is 3. The van der Waals surface area contributed by atoms with Gasteiger partial charge in [-0.25, -0.2) is 0 Å². The second-order valence-electron chi connectivity index (χ2n) is 4.51. The molecule has 0 amide bonds. The first-order chi connectivity index (χ1) is 5.74. The molecule has 0 aromatic rings. The van der Waals surface area contributed by atoms with E-state index in [0.29, 0.717) is 0 Å². The zero-order valence-electron chi connectivity index (χ0n) is 7.99. The molecule has 1 aliphatic rings. The maximum atomic E-state index is 12.5. The van der Waals surface area contributed by atoms with Gasteiger partial charge in [0.2, 0.25) is 0 Å². The van der Waals surface area contributed by atoms with Crippen LogP contribution in [-0.4, -0.2) is 11.7 Å². The Bertz CT molecular complexity index is 178. The summed E-state index contributed by atoms with van der Waals surface area (Å²) >= 11 is 0. The highest BCUT2D eigenvalue weighted by molar-refractivity contribution is 4.97. The number of nitrogens with two attached hydrogens (primary N) is 1. The fourth-order valence-corrected chi connectivity index (χ4v) is 2.41. The number of halogens is 3. The number of rotatable bonds is 0. The standard InChI is InChI=1S/C9H16F3N/c1-6-3-7(2)5-8(13,4-6)9(10,11)12/h6-7H,3-5,13H2,1-2H3. The molecule has 1 saturated carbocycles. The van der Waals surface area contributed by atoms with Crippen LogP contribution in [0, 0.1) is 11.8 Å². The molecule has 0 aliphatic heterocycles. The Morgan fingerprint density at radius 1 is 1.15 bits per heavy atom. The van der Waals surface area contributed by atoms with E-state index in [1.165, 1.54) is 0 Å². The summed E-state index contributed by atoms with van der Waals surface area (Å²) in [5.74, 6) is 0.158. The maximum Gasteiger partial charge on any atom is 0.406 e. The van der Waals surface area contributed by atoms with Crippen molar-refractivity contribution >= 4 is 0 Å². The fraction of sp³-hybridized carbons (Fsp3) is 1.00. The highest BCUT2D eigenvalue weighted by Crippen LogP contribution is 2.43. The largest absolute Gasteiger partial charge is 0.406 e. The van der Waals surface area contributed by atoms with E-state index in [9.17, 15) is 13.2 Å². The molecule has 1 aliphatic carbocycles. The van der Waals surface area contributed by atoms with Gasteiger partial charge in [0.25, 0.3) is 0 Å². The zero-order chi connectivity index (χ0) is 10.3. The van der Waals surface area contributed by atoms with E-state index in [1.807, 2.05) is 13.8 Å². The van der Waals surface area contributed by atoms with Crippen LogP contribution in [0.5, 0.6) is 0 Å². The van der Waals surface area contributed by atoms with Gasteiger partial charge in [0.05, 0.1) is 0 Å². The topological polar surface area (TPSA) is 26.0 Å². The molecule has 2 unspecified atom stereocenters. The second kappa shape index (κ2) is 3.15. The van der Waals surface area contributed by atoms with Gasteiger partial charge in [-0.1, -0.05) is 13.8 Å². The minimum absolute atomic E-state index is 0.0703. The molecule has 0 aromatic carbocycles. The average molecular weight is 195 g/mol. The quantitative estimate of drug-likeness (QED) is 0.632. The molecular formula is C9H16F3N. The number of hydrogen-bond acceptors (Lipinski definition) is 1. The molecule has 1 nitrogen and oxygen atoms in total. The van der Waals surface area contributed by atoms with E-state index in [2.05, 4.69) is 0 Å².